The molecule has 86 valence electrons. The molecule has 0 aliphatic rings. The van der Waals surface area contributed by atoms with Crippen molar-refractivity contribution >= 4 is 10.2 Å². The molecule has 0 fully saturated rings. The quantitative estimate of drug-likeness (QED) is 0.690. The van der Waals surface area contributed by atoms with E-state index in [1.165, 1.54) is 14.1 Å². The SMILES string of the molecule is CN(C)S(=O)(=O)NCC(N)C(C)(C)C. The molecule has 0 saturated carbocycles. The van der Waals surface area contributed by atoms with Crippen molar-refractivity contribution in [3.05, 3.63) is 0 Å². The van der Waals surface area contributed by atoms with Crippen LogP contribution in [0.5, 0.6) is 0 Å². The first-order valence-corrected chi connectivity index (χ1v) is 5.94. The van der Waals surface area contributed by atoms with Crippen LogP contribution in [-0.4, -0.2) is 39.4 Å². The van der Waals surface area contributed by atoms with Gasteiger partial charge in [0.05, 0.1) is 0 Å². The predicted octanol–water partition coefficient (Wildman–Crippen LogP) is -0.244. The van der Waals surface area contributed by atoms with Crippen LogP contribution in [0.1, 0.15) is 20.8 Å². The Kier molecular flexibility index (Phi) is 4.51. The summed E-state index contributed by atoms with van der Waals surface area (Å²) in [6.07, 6.45) is 0. The first kappa shape index (κ1) is 13.8. The molecule has 1 unspecified atom stereocenters. The van der Waals surface area contributed by atoms with E-state index in [2.05, 4.69) is 4.72 Å². The van der Waals surface area contributed by atoms with E-state index in [0.29, 0.717) is 0 Å². The summed E-state index contributed by atoms with van der Waals surface area (Å²) in [5.41, 5.74) is 5.71. The van der Waals surface area contributed by atoms with Crippen molar-refractivity contribution < 1.29 is 8.42 Å². The summed E-state index contributed by atoms with van der Waals surface area (Å²) in [5.74, 6) is 0. The van der Waals surface area contributed by atoms with Gasteiger partial charge in [-0.2, -0.15) is 12.7 Å². The molecule has 0 aliphatic heterocycles. The van der Waals surface area contributed by atoms with Gasteiger partial charge in [-0.05, 0) is 5.41 Å². The number of nitrogens with two attached hydrogens (primary N) is 1. The topological polar surface area (TPSA) is 75.4 Å². The largest absolute Gasteiger partial charge is 0.326 e. The van der Waals surface area contributed by atoms with Crippen LogP contribution in [0.3, 0.4) is 0 Å². The Morgan fingerprint density at radius 2 is 1.79 bits per heavy atom. The third-order valence-electron chi connectivity index (χ3n) is 2.08. The second-order valence-electron chi connectivity index (χ2n) is 4.61. The van der Waals surface area contributed by atoms with E-state index in [-0.39, 0.29) is 18.0 Å². The molecule has 0 heterocycles. The minimum absolute atomic E-state index is 0.102. The fourth-order valence-corrected chi connectivity index (χ4v) is 1.28. The molecule has 0 aliphatic carbocycles. The van der Waals surface area contributed by atoms with E-state index in [4.69, 9.17) is 5.73 Å². The third-order valence-corrected chi connectivity index (χ3v) is 3.57. The van der Waals surface area contributed by atoms with Crippen molar-refractivity contribution in [2.45, 2.75) is 26.8 Å². The maximum absolute atomic E-state index is 11.3. The lowest BCUT2D eigenvalue weighted by Crippen LogP contribution is -2.47. The maximum atomic E-state index is 11.3. The van der Waals surface area contributed by atoms with Gasteiger partial charge >= 0.3 is 0 Å². The molecular weight excluding hydrogens is 202 g/mol. The fraction of sp³-hybridized carbons (Fsp3) is 1.00. The van der Waals surface area contributed by atoms with Crippen LogP contribution in [-0.2, 0) is 10.2 Å². The molecule has 0 aromatic heterocycles. The van der Waals surface area contributed by atoms with Crippen LogP contribution in [0.15, 0.2) is 0 Å². The number of hydrogen-bond acceptors (Lipinski definition) is 3. The van der Waals surface area contributed by atoms with Crippen LogP contribution in [0.4, 0.5) is 0 Å². The molecule has 0 saturated heterocycles. The zero-order chi connectivity index (χ0) is 11.6. The first-order valence-electron chi connectivity index (χ1n) is 4.50. The molecule has 5 nitrogen and oxygen atoms in total. The smallest absolute Gasteiger partial charge is 0.278 e. The van der Waals surface area contributed by atoms with Gasteiger partial charge in [0.25, 0.3) is 10.2 Å². The fourth-order valence-electron chi connectivity index (χ4n) is 0.630. The molecule has 0 aromatic carbocycles. The van der Waals surface area contributed by atoms with Crippen LogP contribution in [0, 0.1) is 5.41 Å². The molecule has 0 amide bonds. The number of nitrogens with zero attached hydrogens (tertiary/aromatic N) is 1. The standard InChI is InChI=1S/C8H21N3O2S/c1-8(2,3)7(9)6-10-14(12,13)11(4)5/h7,10H,6,9H2,1-5H3. The Balaban J connectivity index is 4.22. The van der Waals surface area contributed by atoms with Crippen LogP contribution in [0.25, 0.3) is 0 Å². The zero-order valence-corrected chi connectivity index (χ0v) is 10.4. The van der Waals surface area contributed by atoms with Gasteiger partial charge in [0.2, 0.25) is 0 Å². The molecule has 1 atom stereocenters. The lowest BCUT2D eigenvalue weighted by atomic mass is 9.88. The van der Waals surface area contributed by atoms with Crippen LogP contribution >= 0.6 is 0 Å². The molecule has 0 rings (SSSR count). The van der Waals surface area contributed by atoms with Crippen LogP contribution in [0.2, 0.25) is 0 Å². The highest BCUT2D eigenvalue weighted by atomic mass is 32.2. The van der Waals surface area contributed by atoms with E-state index in [1.54, 1.807) is 0 Å². The summed E-state index contributed by atoms with van der Waals surface area (Å²) in [5, 5.41) is 0. The second-order valence-corrected chi connectivity index (χ2v) is 6.58. The summed E-state index contributed by atoms with van der Waals surface area (Å²) >= 11 is 0. The van der Waals surface area contributed by atoms with Crippen molar-refractivity contribution in [3.8, 4) is 0 Å². The molecule has 6 heteroatoms. The van der Waals surface area contributed by atoms with Crippen molar-refractivity contribution in [2.24, 2.45) is 11.1 Å². The van der Waals surface area contributed by atoms with Crippen molar-refractivity contribution in [3.63, 3.8) is 0 Å². The normalized spacial score (nSPS) is 15.9. The molecule has 0 spiro atoms. The predicted molar refractivity (Wildman–Crippen MR) is 58.0 cm³/mol. The van der Waals surface area contributed by atoms with Crippen molar-refractivity contribution in [1.82, 2.24) is 9.03 Å². The highest BCUT2D eigenvalue weighted by Crippen LogP contribution is 2.16. The molecule has 14 heavy (non-hydrogen) atoms. The zero-order valence-electron chi connectivity index (χ0n) is 9.53. The third kappa shape index (κ3) is 4.36. The molecule has 0 aromatic rings. The Morgan fingerprint density at radius 1 is 1.36 bits per heavy atom. The summed E-state index contributed by atoms with van der Waals surface area (Å²) in [6, 6.07) is -0.197. The van der Waals surface area contributed by atoms with E-state index < -0.39 is 10.2 Å². The highest BCUT2D eigenvalue weighted by Gasteiger charge is 2.23. The lowest BCUT2D eigenvalue weighted by Gasteiger charge is -2.27. The van der Waals surface area contributed by atoms with Gasteiger partial charge in [-0.3, -0.25) is 0 Å². The van der Waals surface area contributed by atoms with Gasteiger partial charge in [0.15, 0.2) is 0 Å². The minimum Gasteiger partial charge on any atom is -0.326 e. The van der Waals surface area contributed by atoms with Gasteiger partial charge in [0, 0.05) is 26.7 Å². The van der Waals surface area contributed by atoms with E-state index in [0.717, 1.165) is 4.31 Å². The van der Waals surface area contributed by atoms with Gasteiger partial charge < -0.3 is 5.73 Å². The van der Waals surface area contributed by atoms with Crippen LogP contribution < -0.4 is 10.5 Å². The first-order chi connectivity index (χ1) is 6.07. The summed E-state index contributed by atoms with van der Waals surface area (Å²) in [4.78, 5) is 0. The Hall–Kier alpha value is -0.170. The number of nitrogens with one attached hydrogen (secondary N) is 1. The van der Waals surface area contributed by atoms with E-state index in [1.807, 2.05) is 20.8 Å². The Bertz CT molecular complexity index is 267. The van der Waals surface area contributed by atoms with Gasteiger partial charge in [-0.1, -0.05) is 20.8 Å². The molecule has 0 bridgehead atoms. The second kappa shape index (κ2) is 4.57. The van der Waals surface area contributed by atoms with Crippen molar-refractivity contribution in [2.75, 3.05) is 20.6 Å². The van der Waals surface area contributed by atoms with Crippen molar-refractivity contribution in [1.29, 1.82) is 0 Å². The Morgan fingerprint density at radius 3 is 2.07 bits per heavy atom. The number of rotatable bonds is 4. The molecular formula is C8H21N3O2S. The maximum Gasteiger partial charge on any atom is 0.278 e. The molecule has 3 N–H and O–H groups in total. The summed E-state index contributed by atoms with van der Waals surface area (Å²) in [6.45, 7) is 6.18. The average Bonchev–Trinajstić information content (AvgIpc) is 1.98. The average molecular weight is 223 g/mol. The highest BCUT2D eigenvalue weighted by molar-refractivity contribution is 7.87. The van der Waals surface area contributed by atoms with E-state index >= 15 is 0 Å². The van der Waals surface area contributed by atoms with Gasteiger partial charge in [0.1, 0.15) is 0 Å². The number of hydrogen-bond donors (Lipinski definition) is 2. The summed E-state index contributed by atoms with van der Waals surface area (Å²) < 4.78 is 26.2. The lowest BCUT2D eigenvalue weighted by molar-refractivity contribution is 0.318. The minimum atomic E-state index is -3.35. The monoisotopic (exact) mass is 223 g/mol. The summed E-state index contributed by atoms with van der Waals surface area (Å²) in [7, 11) is -0.396. The molecule has 0 radical (unpaired) electrons. The Labute approximate surface area is 86.8 Å². The van der Waals surface area contributed by atoms with Gasteiger partial charge in [-0.25, -0.2) is 4.72 Å². The van der Waals surface area contributed by atoms with Gasteiger partial charge in [-0.15, -0.1) is 0 Å². The van der Waals surface area contributed by atoms with E-state index in [9.17, 15) is 8.42 Å².